The van der Waals surface area contributed by atoms with Crippen LogP contribution in [0.4, 0.5) is 0 Å². The lowest BCUT2D eigenvalue weighted by atomic mass is 10.0. The van der Waals surface area contributed by atoms with Crippen molar-refractivity contribution in [2.75, 3.05) is 7.11 Å². The number of hydrogen-bond acceptors (Lipinski definition) is 4. The van der Waals surface area contributed by atoms with Crippen LogP contribution in [0, 0.1) is 6.92 Å². The van der Waals surface area contributed by atoms with Crippen LogP contribution in [-0.4, -0.2) is 23.2 Å². The van der Waals surface area contributed by atoms with Gasteiger partial charge in [-0.2, -0.15) is 0 Å². The maximum Gasteiger partial charge on any atom is 0.354 e. The molecule has 19 heavy (non-hydrogen) atoms. The van der Waals surface area contributed by atoms with Gasteiger partial charge in [-0.15, -0.1) is 0 Å². The zero-order valence-electron chi connectivity index (χ0n) is 10.6. The fourth-order valence-electron chi connectivity index (χ4n) is 2.46. The van der Waals surface area contributed by atoms with E-state index in [1.807, 2.05) is 19.1 Å². The lowest BCUT2D eigenvalue weighted by molar-refractivity contribution is 0.0690. The van der Waals surface area contributed by atoms with Crippen molar-refractivity contribution in [2.24, 2.45) is 4.99 Å². The minimum Gasteiger partial charge on any atom is -0.494 e. The standard InChI is InChI=1S/C14H12N2O3/c1-7-12-8-4-3-5-11(19-2)13(8)16-9(12)6-10(15-7)14(17)18/h3,5-6H,4H2,1-2H3,(H,17,18). The summed E-state index contributed by atoms with van der Waals surface area (Å²) >= 11 is 0. The first-order chi connectivity index (χ1) is 9.11. The first kappa shape index (κ1) is 11.6. The average molecular weight is 256 g/mol. The van der Waals surface area contributed by atoms with Crippen LogP contribution in [-0.2, 0) is 4.74 Å². The molecule has 0 amide bonds. The van der Waals surface area contributed by atoms with E-state index in [2.05, 4.69) is 9.98 Å². The minimum absolute atomic E-state index is 0.0202. The summed E-state index contributed by atoms with van der Waals surface area (Å²) < 4.78 is 5.30. The van der Waals surface area contributed by atoms with Crippen LogP contribution in [0.15, 0.2) is 34.7 Å². The van der Waals surface area contributed by atoms with Crippen LogP contribution >= 0.6 is 0 Å². The first-order valence-corrected chi connectivity index (χ1v) is 5.90. The molecule has 3 rings (SSSR count). The molecular weight excluding hydrogens is 244 g/mol. The molecule has 1 aliphatic heterocycles. The molecule has 5 heteroatoms. The molecule has 0 atom stereocenters. The summed E-state index contributed by atoms with van der Waals surface area (Å²) in [5.41, 5.74) is 2.55. The van der Waals surface area contributed by atoms with E-state index in [4.69, 9.17) is 9.84 Å². The highest BCUT2D eigenvalue weighted by atomic mass is 16.5. The van der Waals surface area contributed by atoms with E-state index < -0.39 is 5.97 Å². The number of methoxy groups -OCH3 is 1. The smallest absolute Gasteiger partial charge is 0.354 e. The number of rotatable bonds is 2. The highest BCUT2D eigenvalue weighted by molar-refractivity contribution is 5.85. The molecule has 0 saturated heterocycles. The molecule has 2 aliphatic rings. The Hall–Kier alpha value is -2.43. The van der Waals surface area contributed by atoms with Crippen molar-refractivity contribution >= 4 is 11.5 Å². The van der Waals surface area contributed by atoms with Gasteiger partial charge in [0.25, 0.3) is 0 Å². The molecular formula is C14H12N2O3. The van der Waals surface area contributed by atoms with Gasteiger partial charge < -0.3 is 9.84 Å². The van der Waals surface area contributed by atoms with Gasteiger partial charge in [0.1, 0.15) is 11.5 Å². The highest BCUT2D eigenvalue weighted by Crippen LogP contribution is 2.27. The third-order valence-electron chi connectivity index (χ3n) is 3.26. The van der Waals surface area contributed by atoms with E-state index >= 15 is 0 Å². The molecule has 0 aromatic carbocycles. The summed E-state index contributed by atoms with van der Waals surface area (Å²) in [6, 6.07) is 1.51. The number of carboxylic acids is 1. The van der Waals surface area contributed by atoms with Crippen molar-refractivity contribution in [3.8, 4) is 0 Å². The van der Waals surface area contributed by atoms with Gasteiger partial charge in [-0.25, -0.2) is 14.8 Å². The number of allylic oxidation sites excluding steroid dienone is 3. The van der Waals surface area contributed by atoms with E-state index in [0.717, 1.165) is 22.9 Å². The van der Waals surface area contributed by atoms with Crippen LogP contribution in [0.1, 0.15) is 22.6 Å². The van der Waals surface area contributed by atoms with Gasteiger partial charge in [0.2, 0.25) is 0 Å². The van der Waals surface area contributed by atoms with Crippen molar-refractivity contribution in [1.29, 1.82) is 0 Å². The van der Waals surface area contributed by atoms with Gasteiger partial charge in [-0.3, -0.25) is 0 Å². The molecule has 0 fully saturated rings. The second kappa shape index (κ2) is 4.05. The van der Waals surface area contributed by atoms with Crippen LogP contribution in [0.5, 0.6) is 0 Å². The van der Waals surface area contributed by atoms with Gasteiger partial charge in [0, 0.05) is 10.9 Å². The van der Waals surface area contributed by atoms with Gasteiger partial charge in [-0.05, 0) is 31.1 Å². The second-order valence-corrected chi connectivity index (χ2v) is 4.41. The Morgan fingerprint density at radius 3 is 2.95 bits per heavy atom. The second-order valence-electron chi connectivity index (χ2n) is 4.41. The number of ether oxygens (including phenoxy) is 1. The molecule has 0 unspecified atom stereocenters. The summed E-state index contributed by atoms with van der Waals surface area (Å²) in [6.45, 7) is 1.81. The van der Waals surface area contributed by atoms with Crippen molar-refractivity contribution in [3.63, 3.8) is 0 Å². The van der Waals surface area contributed by atoms with E-state index in [9.17, 15) is 4.79 Å². The summed E-state index contributed by atoms with van der Waals surface area (Å²) in [5.74, 6) is -0.339. The van der Waals surface area contributed by atoms with Crippen LogP contribution in [0.25, 0.3) is 5.57 Å². The van der Waals surface area contributed by atoms with Crippen molar-refractivity contribution in [2.45, 2.75) is 13.3 Å². The van der Waals surface area contributed by atoms with Gasteiger partial charge in [0.05, 0.1) is 12.5 Å². The largest absolute Gasteiger partial charge is 0.494 e. The fraction of sp³-hybridized carbons (Fsp3) is 0.214. The zero-order chi connectivity index (χ0) is 13.6. The molecule has 0 saturated carbocycles. The maximum atomic E-state index is 11.0. The Labute approximate surface area is 109 Å². The number of pyridine rings is 1. The van der Waals surface area contributed by atoms with Crippen LogP contribution in [0.2, 0.25) is 0 Å². The van der Waals surface area contributed by atoms with Crippen molar-refractivity contribution in [3.05, 3.63) is 51.6 Å². The third-order valence-corrected chi connectivity index (χ3v) is 3.26. The van der Waals surface area contributed by atoms with E-state index in [1.165, 1.54) is 6.07 Å². The molecule has 0 bridgehead atoms. The number of nitrogens with zero attached hydrogens (tertiary/aromatic N) is 2. The van der Waals surface area contributed by atoms with E-state index in [1.54, 1.807) is 7.11 Å². The molecule has 0 radical (unpaired) electrons. The molecule has 1 aromatic rings. The van der Waals surface area contributed by atoms with E-state index in [-0.39, 0.29) is 5.69 Å². The normalized spacial score (nSPS) is 16.0. The molecule has 96 valence electrons. The van der Waals surface area contributed by atoms with Gasteiger partial charge in [0.15, 0.2) is 5.69 Å². The third kappa shape index (κ3) is 1.66. The number of carbonyl (C=O) groups is 1. The molecule has 1 aliphatic carbocycles. The predicted octanol–water partition coefficient (Wildman–Crippen LogP) is 0.690. The Morgan fingerprint density at radius 1 is 1.47 bits per heavy atom. The number of fused-ring (bicyclic) bond motifs is 2. The van der Waals surface area contributed by atoms with Crippen molar-refractivity contribution in [1.82, 2.24) is 4.98 Å². The molecule has 1 aromatic heterocycles. The van der Waals surface area contributed by atoms with Crippen LogP contribution in [0.3, 0.4) is 0 Å². The molecule has 5 nitrogen and oxygen atoms in total. The van der Waals surface area contributed by atoms with E-state index in [0.29, 0.717) is 16.8 Å². The number of aromatic carboxylic acids is 1. The Bertz CT molecular complexity index is 773. The number of aromatic nitrogens is 1. The summed E-state index contributed by atoms with van der Waals surface area (Å²) in [5, 5.41) is 10.6. The Morgan fingerprint density at radius 2 is 2.26 bits per heavy atom. The Balaban J connectivity index is 2.37. The summed E-state index contributed by atoms with van der Waals surface area (Å²) in [4.78, 5) is 19.6. The predicted molar refractivity (Wildman–Crippen MR) is 67.9 cm³/mol. The summed E-state index contributed by atoms with van der Waals surface area (Å²) in [7, 11) is 1.60. The fourth-order valence-corrected chi connectivity index (χ4v) is 2.46. The SMILES string of the molecule is COC1=C2N=c3cc(C(=O)O)nc(C)c3=C2CC=C1. The lowest BCUT2D eigenvalue weighted by Gasteiger charge is -2.11. The van der Waals surface area contributed by atoms with Gasteiger partial charge in [-0.1, -0.05) is 6.08 Å². The van der Waals surface area contributed by atoms with Gasteiger partial charge >= 0.3 is 5.97 Å². The van der Waals surface area contributed by atoms with Crippen LogP contribution < -0.4 is 10.6 Å². The number of hydrogen-bond donors (Lipinski definition) is 1. The summed E-state index contributed by atoms with van der Waals surface area (Å²) in [6.07, 6.45) is 4.65. The molecule has 0 spiro atoms. The number of carboxylic acid groups (broad SMARTS) is 1. The van der Waals surface area contributed by atoms with Crippen molar-refractivity contribution < 1.29 is 14.6 Å². The molecule has 1 N–H and O–H groups in total. The zero-order valence-corrected chi connectivity index (χ0v) is 10.6. The minimum atomic E-state index is -1.04. The average Bonchev–Trinajstić information content (AvgIpc) is 2.77. The monoisotopic (exact) mass is 256 g/mol. The highest BCUT2D eigenvalue weighted by Gasteiger charge is 2.22. The Kier molecular flexibility index (Phi) is 2.48. The maximum absolute atomic E-state index is 11.0. The topological polar surface area (TPSA) is 71.8 Å². The molecule has 2 heterocycles. The quantitative estimate of drug-likeness (QED) is 0.845. The number of aryl methyl sites for hydroxylation is 1. The first-order valence-electron chi connectivity index (χ1n) is 5.90. The lowest BCUT2D eigenvalue weighted by Crippen LogP contribution is -2.29.